The van der Waals surface area contributed by atoms with E-state index in [1.54, 1.807) is 0 Å². The fourth-order valence-corrected chi connectivity index (χ4v) is 1.83. The molecule has 14 heavy (non-hydrogen) atoms. The van der Waals surface area contributed by atoms with Crippen LogP contribution in [0, 0.1) is 17.8 Å². The summed E-state index contributed by atoms with van der Waals surface area (Å²) in [6.45, 7) is 0.799. The van der Waals surface area contributed by atoms with Crippen molar-refractivity contribution in [1.29, 1.82) is 0 Å². The summed E-state index contributed by atoms with van der Waals surface area (Å²) in [6, 6.07) is 8.22. The molecule has 1 aliphatic rings. The zero-order valence-corrected chi connectivity index (χ0v) is 8.29. The van der Waals surface area contributed by atoms with Gasteiger partial charge in [0, 0.05) is 5.56 Å². The highest BCUT2D eigenvalue weighted by atomic mass is 14.6. The van der Waals surface area contributed by atoms with Gasteiger partial charge in [0.25, 0.3) is 0 Å². The van der Waals surface area contributed by atoms with Gasteiger partial charge < -0.3 is 5.73 Å². The van der Waals surface area contributed by atoms with Crippen molar-refractivity contribution in [3.8, 4) is 12.3 Å². The van der Waals surface area contributed by atoms with Gasteiger partial charge in [0.15, 0.2) is 0 Å². The van der Waals surface area contributed by atoms with Gasteiger partial charge in [0.05, 0.1) is 0 Å². The third-order valence-corrected chi connectivity index (χ3v) is 3.06. The zero-order chi connectivity index (χ0) is 10.0. The molecule has 0 amide bonds. The maximum absolute atomic E-state index is 5.75. The summed E-state index contributed by atoms with van der Waals surface area (Å²) in [7, 11) is 0. The molecule has 2 rings (SSSR count). The topological polar surface area (TPSA) is 26.0 Å². The van der Waals surface area contributed by atoms with Crippen molar-refractivity contribution in [2.75, 3.05) is 6.54 Å². The molecule has 1 aliphatic carbocycles. The molecule has 0 radical (unpaired) electrons. The van der Waals surface area contributed by atoms with Crippen LogP contribution in [0.1, 0.15) is 24.0 Å². The first-order valence-corrected chi connectivity index (χ1v) is 5.04. The van der Waals surface area contributed by atoms with Crippen molar-refractivity contribution in [3.05, 3.63) is 35.4 Å². The summed E-state index contributed by atoms with van der Waals surface area (Å²) in [5.74, 6) is 2.66. The second kappa shape index (κ2) is 3.48. The lowest BCUT2D eigenvalue weighted by molar-refractivity contribution is 0.521. The molecule has 1 fully saturated rings. The van der Waals surface area contributed by atoms with Crippen molar-refractivity contribution >= 4 is 0 Å². The first-order chi connectivity index (χ1) is 6.78. The van der Waals surface area contributed by atoms with Crippen LogP contribution in [0.2, 0.25) is 0 Å². The smallest absolute Gasteiger partial charge is 0.0245 e. The SMILES string of the molecule is C#Cc1cccc(CC2(CN)CC2)c1. The standard InChI is InChI=1S/C13H15N/c1-2-11-4-3-5-12(8-11)9-13(10-14)6-7-13/h1,3-5,8H,6-7,9-10,14H2. The molecule has 0 atom stereocenters. The van der Waals surface area contributed by atoms with Gasteiger partial charge in [-0.3, -0.25) is 0 Å². The first-order valence-electron chi connectivity index (χ1n) is 5.04. The summed E-state index contributed by atoms with van der Waals surface area (Å²) in [6.07, 6.45) is 8.97. The highest BCUT2D eigenvalue weighted by molar-refractivity contribution is 5.36. The van der Waals surface area contributed by atoms with E-state index in [-0.39, 0.29) is 0 Å². The van der Waals surface area contributed by atoms with Gasteiger partial charge in [-0.25, -0.2) is 0 Å². The van der Waals surface area contributed by atoms with Gasteiger partial charge in [0.1, 0.15) is 0 Å². The molecule has 1 aromatic rings. The fourth-order valence-electron chi connectivity index (χ4n) is 1.83. The normalized spacial score (nSPS) is 17.4. The fraction of sp³-hybridized carbons (Fsp3) is 0.385. The number of benzene rings is 1. The van der Waals surface area contributed by atoms with Crippen LogP contribution in [0.5, 0.6) is 0 Å². The van der Waals surface area contributed by atoms with Crippen LogP contribution < -0.4 is 5.73 Å². The Kier molecular flexibility index (Phi) is 2.31. The Morgan fingerprint density at radius 2 is 2.21 bits per heavy atom. The monoisotopic (exact) mass is 185 g/mol. The Hall–Kier alpha value is -1.26. The lowest BCUT2D eigenvalue weighted by Gasteiger charge is -2.11. The van der Waals surface area contributed by atoms with Gasteiger partial charge in [-0.15, -0.1) is 6.42 Å². The molecule has 0 aromatic heterocycles. The van der Waals surface area contributed by atoms with Crippen LogP contribution >= 0.6 is 0 Å². The third-order valence-electron chi connectivity index (χ3n) is 3.06. The van der Waals surface area contributed by atoms with Crippen molar-refractivity contribution in [2.45, 2.75) is 19.3 Å². The van der Waals surface area contributed by atoms with Crippen molar-refractivity contribution in [2.24, 2.45) is 11.1 Å². The summed E-state index contributed by atoms with van der Waals surface area (Å²) in [5, 5.41) is 0. The number of hydrogen-bond donors (Lipinski definition) is 1. The third kappa shape index (κ3) is 1.81. The molecular weight excluding hydrogens is 170 g/mol. The number of hydrogen-bond acceptors (Lipinski definition) is 1. The van der Waals surface area contributed by atoms with Gasteiger partial charge in [0.2, 0.25) is 0 Å². The summed E-state index contributed by atoms with van der Waals surface area (Å²) in [5.41, 5.74) is 8.43. The summed E-state index contributed by atoms with van der Waals surface area (Å²) < 4.78 is 0. The number of terminal acetylenes is 1. The second-order valence-electron chi connectivity index (χ2n) is 4.23. The predicted molar refractivity (Wildman–Crippen MR) is 58.8 cm³/mol. The maximum Gasteiger partial charge on any atom is 0.0245 e. The largest absolute Gasteiger partial charge is 0.330 e. The quantitative estimate of drug-likeness (QED) is 0.716. The predicted octanol–water partition coefficient (Wildman–Crippen LogP) is 1.95. The van der Waals surface area contributed by atoms with E-state index >= 15 is 0 Å². The zero-order valence-electron chi connectivity index (χ0n) is 8.29. The Balaban J connectivity index is 2.14. The molecule has 0 heterocycles. The van der Waals surface area contributed by atoms with E-state index < -0.39 is 0 Å². The molecule has 1 aromatic carbocycles. The van der Waals surface area contributed by atoms with Gasteiger partial charge >= 0.3 is 0 Å². The Morgan fingerprint density at radius 3 is 2.79 bits per heavy atom. The minimum absolute atomic E-state index is 0.396. The number of nitrogens with two attached hydrogens (primary N) is 1. The molecule has 1 nitrogen and oxygen atoms in total. The Bertz CT molecular complexity index is 369. The Morgan fingerprint density at radius 1 is 1.43 bits per heavy atom. The van der Waals surface area contributed by atoms with Crippen LogP contribution in [-0.2, 0) is 6.42 Å². The van der Waals surface area contributed by atoms with Crippen molar-refractivity contribution in [1.82, 2.24) is 0 Å². The van der Waals surface area contributed by atoms with Crippen molar-refractivity contribution in [3.63, 3.8) is 0 Å². The highest BCUT2D eigenvalue weighted by Gasteiger charge is 2.40. The Labute approximate surface area is 85.3 Å². The first kappa shape index (κ1) is 9.30. The van der Waals surface area contributed by atoms with Crippen LogP contribution in [0.4, 0.5) is 0 Å². The number of rotatable bonds is 3. The van der Waals surface area contributed by atoms with E-state index in [9.17, 15) is 0 Å². The molecule has 0 aliphatic heterocycles. The van der Waals surface area contributed by atoms with Crippen molar-refractivity contribution < 1.29 is 0 Å². The average Bonchev–Trinajstić information content (AvgIpc) is 2.99. The van der Waals surface area contributed by atoms with Gasteiger partial charge in [-0.2, -0.15) is 0 Å². The lowest BCUT2D eigenvalue weighted by atomic mass is 9.96. The van der Waals surface area contributed by atoms with Crippen LogP contribution in [0.3, 0.4) is 0 Å². The second-order valence-corrected chi connectivity index (χ2v) is 4.23. The van der Waals surface area contributed by atoms with Gasteiger partial charge in [-0.1, -0.05) is 18.1 Å². The van der Waals surface area contributed by atoms with E-state index in [1.807, 2.05) is 12.1 Å². The molecule has 0 bridgehead atoms. The summed E-state index contributed by atoms with van der Waals surface area (Å²) in [4.78, 5) is 0. The van der Waals surface area contributed by atoms with Gasteiger partial charge in [-0.05, 0) is 48.9 Å². The molecule has 0 saturated heterocycles. The molecule has 1 saturated carbocycles. The molecule has 72 valence electrons. The summed E-state index contributed by atoms with van der Waals surface area (Å²) >= 11 is 0. The van der Waals surface area contributed by atoms with Crippen LogP contribution in [0.25, 0.3) is 0 Å². The average molecular weight is 185 g/mol. The van der Waals surface area contributed by atoms with Crippen LogP contribution in [-0.4, -0.2) is 6.54 Å². The lowest BCUT2D eigenvalue weighted by Crippen LogP contribution is -2.17. The molecular formula is C13H15N. The highest BCUT2D eigenvalue weighted by Crippen LogP contribution is 2.47. The minimum Gasteiger partial charge on any atom is -0.330 e. The minimum atomic E-state index is 0.396. The molecule has 1 heteroatoms. The van der Waals surface area contributed by atoms with E-state index in [0.717, 1.165) is 18.5 Å². The molecule has 0 spiro atoms. The maximum atomic E-state index is 5.75. The van der Waals surface area contributed by atoms with E-state index in [0.29, 0.717) is 5.41 Å². The molecule has 2 N–H and O–H groups in total. The molecule has 0 unspecified atom stereocenters. The van der Waals surface area contributed by atoms with E-state index in [1.165, 1.54) is 18.4 Å². The van der Waals surface area contributed by atoms with E-state index in [4.69, 9.17) is 12.2 Å². The van der Waals surface area contributed by atoms with Crippen LogP contribution in [0.15, 0.2) is 24.3 Å². The van der Waals surface area contributed by atoms with E-state index in [2.05, 4.69) is 18.1 Å².